The quantitative estimate of drug-likeness (QED) is 0.773. The molecule has 3 heteroatoms. The van der Waals surface area contributed by atoms with E-state index < -0.39 is 0 Å². The fraction of sp³-hybridized carbons (Fsp3) is 0.438. The van der Waals surface area contributed by atoms with E-state index in [0.29, 0.717) is 6.04 Å². The second-order valence-electron chi connectivity index (χ2n) is 5.24. The van der Waals surface area contributed by atoms with Gasteiger partial charge in [-0.2, -0.15) is 0 Å². The maximum absolute atomic E-state index is 4.83. The van der Waals surface area contributed by atoms with Crippen LogP contribution in [0.2, 0.25) is 0 Å². The van der Waals surface area contributed by atoms with Gasteiger partial charge in [-0.05, 0) is 57.4 Å². The van der Waals surface area contributed by atoms with Gasteiger partial charge < -0.3 is 4.57 Å². The lowest BCUT2D eigenvalue weighted by Crippen LogP contribution is -2.19. The average Bonchev–Trinajstić information content (AvgIpc) is 2.68. The molecule has 2 aromatic rings. The first-order valence-electron chi connectivity index (χ1n) is 6.81. The first-order valence-corrected chi connectivity index (χ1v) is 7.69. The molecule has 2 nitrogen and oxygen atoms in total. The van der Waals surface area contributed by atoms with Crippen molar-refractivity contribution in [2.45, 2.75) is 47.1 Å². The SMILES string of the molecule is CCC(C)n1c(C)csc1=Nc1cc(C)cc(C)c1. The number of thiazole rings is 1. The highest BCUT2D eigenvalue weighted by Gasteiger charge is 2.07. The molecule has 0 N–H and O–H groups in total. The smallest absolute Gasteiger partial charge is 0.190 e. The number of rotatable bonds is 3. The number of nitrogens with zero attached hydrogens (tertiary/aromatic N) is 2. The van der Waals surface area contributed by atoms with Crippen molar-refractivity contribution >= 4 is 17.0 Å². The fourth-order valence-corrected chi connectivity index (χ4v) is 3.31. The minimum Gasteiger partial charge on any atom is -0.318 e. The number of aryl methyl sites for hydroxylation is 3. The van der Waals surface area contributed by atoms with Gasteiger partial charge in [-0.15, -0.1) is 11.3 Å². The van der Waals surface area contributed by atoms with Crippen molar-refractivity contribution in [1.29, 1.82) is 0 Å². The van der Waals surface area contributed by atoms with Crippen LogP contribution in [0.1, 0.15) is 43.1 Å². The van der Waals surface area contributed by atoms with Crippen molar-refractivity contribution in [3.63, 3.8) is 0 Å². The van der Waals surface area contributed by atoms with Crippen LogP contribution in [0.3, 0.4) is 0 Å². The molecular weight excluding hydrogens is 252 g/mol. The molecule has 1 aromatic carbocycles. The minimum absolute atomic E-state index is 0.496. The average molecular weight is 274 g/mol. The summed E-state index contributed by atoms with van der Waals surface area (Å²) in [7, 11) is 0. The Hall–Kier alpha value is -1.35. The lowest BCUT2D eigenvalue weighted by atomic mass is 10.1. The zero-order valence-electron chi connectivity index (χ0n) is 12.4. The van der Waals surface area contributed by atoms with Crippen LogP contribution in [0.5, 0.6) is 0 Å². The van der Waals surface area contributed by atoms with Crippen LogP contribution in [0.25, 0.3) is 0 Å². The normalized spacial score (nSPS) is 13.8. The van der Waals surface area contributed by atoms with Gasteiger partial charge in [0.1, 0.15) is 0 Å². The molecule has 1 aromatic heterocycles. The predicted molar refractivity (Wildman–Crippen MR) is 83.2 cm³/mol. The van der Waals surface area contributed by atoms with Crippen LogP contribution in [0.4, 0.5) is 5.69 Å². The molecule has 0 aliphatic carbocycles. The summed E-state index contributed by atoms with van der Waals surface area (Å²) in [6, 6.07) is 6.96. The molecule has 0 spiro atoms. The highest BCUT2D eigenvalue weighted by Crippen LogP contribution is 2.18. The fourth-order valence-electron chi connectivity index (χ4n) is 2.33. The Kier molecular flexibility index (Phi) is 4.25. The molecule has 1 unspecified atom stereocenters. The molecule has 0 fully saturated rings. The molecule has 0 aliphatic heterocycles. The van der Waals surface area contributed by atoms with E-state index in [9.17, 15) is 0 Å². The third-order valence-electron chi connectivity index (χ3n) is 3.38. The Morgan fingerprint density at radius 1 is 1.16 bits per heavy atom. The molecular formula is C16H22N2S. The second-order valence-corrected chi connectivity index (χ2v) is 6.08. The van der Waals surface area contributed by atoms with Crippen molar-refractivity contribution in [3.05, 3.63) is 45.2 Å². The third kappa shape index (κ3) is 3.16. The number of benzene rings is 1. The monoisotopic (exact) mass is 274 g/mol. The van der Waals surface area contributed by atoms with Crippen LogP contribution < -0.4 is 4.80 Å². The van der Waals surface area contributed by atoms with Crippen LogP contribution in [0, 0.1) is 20.8 Å². The van der Waals surface area contributed by atoms with E-state index in [1.54, 1.807) is 11.3 Å². The van der Waals surface area contributed by atoms with Crippen molar-refractivity contribution in [1.82, 2.24) is 4.57 Å². The van der Waals surface area contributed by atoms with E-state index in [0.717, 1.165) is 16.9 Å². The van der Waals surface area contributed by atoms with Gasteiger partial charge in [0.15, 0.2) is 4.80 Å². The van der Waals surface area contributed by atoms with Gasteiger partial charge in [-0.1, -0.05) is 13.0 Å². The largest absolute Gasteiger partial charge is 0.318 e. The molecule has 0 saturated heterocycles. The first-order chi connectivity index (χ1) is 9.01. The summed E-state index contributed by atoms with van der Waals surface area (Å²) in [6.07, 6.45) is 1.12. The van der Waals surface area contributed by atoms with Crippen LogP contribution >= 0.6 is 11.3 Å². The van der Waals surface area contributed by atoms with Crippen LogP contribution in [0.15, 0.2) is 28.6 Å². The Morgan fingerprint density at radius 3 is 2.37 bits per heavy atom. The highest BCUT2D eigenvalue weighted by molar-refractivity contribution is 7.07. The van der Waals surface area contributed by atoms with Crippen molar-refractivity contribution < 1.29 is 0 Å². The summed E-state index contributed by atoms with van der Waals surface area (Å²) in [5.74, 6) is 0. The summed E-state index contributed by atoms with van der Waals surface area (Å²) in [4.78, 5) is 5.93. The highest BCUT2D eigenvalue weighted by atomic mass is 32.1. The summed E-state index contributed by atoms with van der Waals surface area (Å²) in [6.45, 7) is 10.9. The topological polar surface area (TPSA) is 17.3 Å². The summed E-state index contributed by atoms with van der Waals surface area (Å²) < 4.78 is 2.34. The Morgan fingerprint density at radius 2 is 1.79 bits per heavy atom. The summed E-state index contributed by atoms with van der Waals surface area (Å²) >= 11 is 1.72. The van der Waals surface area contributed by atoms with Gasteiger partial charge in [0.05, 0.1) is 5.69 Å². The van der Waals surface area contributed by atoms with Gasteiger partial charge in [-0.25, -0.2) is 4.99 Å². The minimum atomic E-state index is 0.496. The van der Waals surface area contributed by atoms with Gasteiger partial charge in [0.25, 0.3) is 0 Å². The number of aromatic nitrogens is 1. The van der Waals surface area contributed by atoms with E-state index in [1.165, 1.54) is 16.8 Å². The van der Waals surface area contributed by atoms with Crippen molar-refractivity contribution in [2.75, 3.05) is 0 Å². The van der Waals surface area contributed by atoms with E-state index in [2.05, 4.69) is 62.8 Å². The Bertz CT molecular complexity index is 614. The van der Waals surface area contributed by atoms with Gasteiger partial charge in [0.2, 0.25) is 0 Å². The summed E-state index contributed by atoms with van der Waals surface area (Å²) in [5.41, 5.74) is 4.88. The second kappa shape index (κ2) is 5.74. The van der Waals surface area contributed by atoms with E-state index >= 15 is 0 Å². The number of hydrogen-bond acceptors (Lipinski definition) is 2. The summed E-state index contributed by atoms with van der Waals surface area (Å²) in [5, 5.41) is 2.19. The van der Waals surface area contributed by atoms with E-state index in [-0.39, 0.29) is 0 Å². The van der Waals surface area contributed by atoms with Gasteiger partial charge >= 0.3 is 0 Å². The van der Waals surface area contributed by atoms with Gasteiger partial charge in [-0.3, -0.25) is 0 Å². The zero-order valence-corrected chi connectivity index (χ0v) is 13.2. The standard InChI is InChI=1S/C16H22N2S/c1-6-13(4)18-14(5)10-19-16(18)17-15-8-11(2)7-12(3)9-15/h7-10,13H,6H2,1-5H3. The maximum Gasteiger partial charge on any atom is 0.190 e. The predicted octanol–water partition coefficient (Wildman–Crippen LogP) is 4.68. The third-order valence-corrected chi connectivity index (χ3v) is 4.34. The molecule has 0 aliphatic rings. The molecule has 19 heavy (non-hydrogen) atoms. The van der Waals surface area contributed by atoms with Gasteiger partial charge in [0, 0.05) is 17.1 Å². The van der Waals surface area contributed by atoms with E-state index in [1.807, 2.05) is 0 Å². The van der Waals surface area contributed by atoms with Crippen molar-refractivity contribution in [2.24, 2.45) is 4.99 Å². The molecule has 0 saturated carbocycles. The molecule has 0 radical (unpaired) electrons. The Balaban J connectivity index is 2.55. The first kappa shape index (κ1) is 14.1. The Labute approximate surface area is 119 Å². The number of hydrogen-bond donors (Lipinski definition) is 0. The van der Waals surface area contributed by atoms with Crippen molar-refractivity contribution in [3.8, 4) is 0 Å². The molecule has 102 valence electrons. The molecule has 0 bridgehead atoms. The molecule has 1 atom stereocenters. The molecule has 2 rings (SSSR count). The molecule has 1 heterocycles. The lowest BCUT2D eigenvalue weighted by molar-refractivity contribution is 0.508. The zero-order chi connectivity index (χ0) is 14.0. The molecule has 0 amide bonds. The van der Waals surface area contributed by atoms with Crippen LogP contribution in [-0.2, 0) is 0 Å². The van der Waals surface area contributed by atoms with E-state index in [4.69, 9.17) is 4.99 Å². The maximum atomic E-state index is 4.83. The lowest BCUT2D eigenvalue weighted by Gasteiger charge is -2.13. The van der Waals surface area contributed by atoms with Crippen LogP contribution in [-0.4, -0.2) is 4.57 Å².